The second-order valence-electron chi connectivity index (χ2n) is 7.81. The van der Waals surface area contributed by atoms with Gasteiger partial charge in [0.2, 0.25) is 0 Å². The number of carbonyl (C=O) groups excluding carboxylic acids is 2. The molecule has 0 saturated carbocycles. The van der Waals surface area contributed by atoms with Gasteiger partial charge in [-0.2, -0.15) is 0 Å². The molecule has 1 N–H and O–H groups in total. The fraction of sp³-hybridized carbons (Fsp3) is 0.364. The Kier molecular flexibility index (Phi) is 6.95. The number of esters is 1. The van der Waals surface area contributed by atoms with Crippen LogP contribution in [-0.4, -0.2) is 56.9 Å². The van der Waals surface area contributed by atoms with Crippen molar-refractivity contribution in [3.8, 4) is 11.1 Å². The molecule has 1 saturated heterocycles. The Morgan fingerprint density at radius 3 is 2.77 bits per heavy atom. The number of nitrogens with zero attached hydrogens (tertiary/aromatic N) is 1. The molecule has 2 aromatic carbocycles. The molecular weight excluding hydrogens is 411 g/mol. The number of hydrogen-bond donors (Lipinski definition) is 1. The number of quaternary nitrogens is 1. The predicted octanol–water partition coefficient (Wildman–Crippen LogP) is 4.33. The largest absolute Gasteiger partial charge is 0.465 e. The summed E-state index contributed by atoms with van der Waals surface area (Å²) in [6.45, 7) is 2.16. The highest BCUT2D eigenvalue weighted by Gasteiger charge is 2.37. The molecule has 1 amide bonds. The third-order valence-electron chi connectivity index (χ3n) is 5.36. The summed E-state index contributed by atoms with van der Waals surface area (Å²) in [5.74, 6) is -0.565. The fourth-order valence-corrected chi connectivity index (χ4v) is 3.98. The van der Waals surface area contributed by atoms with E-state index in [1.807, 2.05) is 19.2 Å². The third kappa shape index (κ3) is 5.49. The minimum Gasteiger partial charge on any atom is -0.465 e. The molecule has 1 unspecified atom stereocenters. The fourth-order valence-electron chi connectivity index (χ4n) is 3.80. The van der Waals surface area contributed by atoms with Gasteiger partial charge >= 0.3 is 12.1 Å². The van der Waals surface area contributed by atoms with Gasteiger partial charge in [0.1, 0.15) is 12.4 Å². The van der Waals surface area contributed by atoms with Crippen LogP contribution in [0.2, 0.25) is 5.02 Å². The van der Waals surface area contributed by atoms with Crippen molar-refractivity contribution in [3.05, 3.63) is 53.3 Å². The quantitative estimate of drug-likeness (QED) is 0.541. The van der Waals surface area contributed by atoms with Crippen molar-refractivity contribution in [2.75, 3.05) is 45.7 Å². The number of likely N-dealkylation sites (tertiary alicyclic amines) is 1. The molecule has 1 heterocycles. The molecule has 0 aromatic heterocycles. The van der Waals surface area contributed by atoms with Crippen molar-refractivity contribution < 1.29 is 27.9 Å². The maximum atomic E-state index is 13.5. The highest BCUT2D eigenvalue weighted by Crippen LogP contribution is 2.31. The van der Waals surface area contributed by atoms with Crippen LogP contribution in [0.4, 0.5) is 14.9 Å². The monoisotopic (exact) mass is 435 g/mol. The molecule has 160 valence electrons. The van der Waals surface area contributed by atoms with E-state index in [-0.39, 0.29) is 23.5 Å². The van der Waals surface area contributed by atoms with Gasteiger partial charge in [0.05, 0.1) is 38.0 Å². The number of halogens is 2. The molecule has 0 aliphatic carbocycles. The molecule has 3 rings (SSSR count). The van der Waals surface area contributed by atoms with Crippen LogP contribution in [0.15, 0.2) is 42.5 Å². The number of amides is 1. The minimum atomic E-state index is -0.565. The lowest BCUT2D eigenvalue weighted by molar-refractivity contribution is -0.891. The average Bonchev–Trinajstić information content (AvgIpc) is 3.09. The van der Waals surface area contributed by atoms with Gasteiger partial charge in [-0.3, -0.25) is 5.32 Å². The van der Waals surface area contributed by atoms with Crippen LogP contribution in [0.5, 0.6) is 0 Å². The highest BCUT2D eigenvalue weighted by molar-refractivity contribution is 6.31. The summed E-state index contributed by atoms with van der Waals surface area (Å²) in [5, 5.41) is 2.77. The minimum absolute atomic E-state index is 0.0132. The van der Waals surface area contributed by atoms with Crippen molar-refractivity contribution in [2.45, 2.75) is 6.42 Å². The Labute approximate surface area is 180 Å². The van der Waals surface area contributed by atoms with Crippen molar-refractivity contribution >= 4 is 29.4 Å². The number of methoxy groups -OCH3 is 1. The molecule has 8 heteroatoms. The molecule has 1 fully saturated rings. The molecular formula is C22H25ClFN2O4+. The van der Waals surface area contributed by atoms with Crippen molar-refractivity contribution in [1.82, 2.24) is 0 Å². The Balaban J connectivity index is 1.59. The summed E-state index contributed by atoms with van der Waals surface area (Å²) in [6.07, 6.45) is 0.301. The Bertz CT molecular complexity index is 939. The van der Waals surface area contributed by atoms with Crippen LogP contribution in [0.25, 0.3) is 11.1 Å². The van der Waals surface area contributed by atoms with Gasteiger partial charge in [0, 0.05) is 17.9 Å². The zero-order chi connectivity index (χ0) is 21.7. The molecule has 2 aromatic rings. The molecule has 2 atom stereocenters. The van der Waals surface area contributed by atoms with E-state index in [2.05, 4.69) is 5.32 Å². The Hall–Kier alpha value is -2.64. The first-order valence-electron chi connectivity index (χ1n) is 9.68. The van der Waals surface area contributed by atoms with E-state index in [1.165, 1.54) is 19.2 Å². The number of rotatable bonds is 6. The normalized spacial score (nSPS) is 20.6. The van der Waals surface area contributed by atoms with Crippen LogP contribution in [0.1, 0.15) is 6.42 Å². The van der Waals surface area contributed by atoms with Gasteiger partial charge in [0.25, 0.3) is 0 Å². The smallest absolute Gasteiger partial charge is 0.411 e. The molecule has 0 radical (unpaired) electrons. The number of para-hydroxylation sites is 1. The van der Waals surface area contributed by atoms with Crippen molar-refractivity contribution in [3.63, 3.8) is 0 Å². The lowest BCUT2D eigenvalue weighted by atomic mass is 10.0. The van der Waals surface area contributed by atoms with E-state index in [4.69, 9.17) is 21.1 Å². The molecule has 0 bridgehead atoms. The van der Waals surface area contributed by atoms with Crippen LogP contribution in [-0.2, 0) is 14.3 Å². The predicted molar refractivity (Wildman–Crippen MR) is 113 cm³/mol. The molecule has 6 nitrogen and oxygen atoms in total. The topological polar surface area (TPSA) is 64.6 Å². The van der Waals surface area contributed by atoms with Crippen LogP contribution in [0.3, 0.4) is 0 Å². The molecule has 1 aliphatic heterocycles. The van der Waals surface area contributed by atoms with Crippen molar-refractivity contribution in [2.24, 2.45) is 5.92 Å². The van der Waals surface area contributed by atoms with Gasteiger partial charge in [-0.25, -0.2) is 14.0 Å². The highest BCUT2D eigenvalue weighted by atomic mass is 35.5. The van der Waals surface area contributed by atoms with E-state index >= 15 is 0 Å². The molecule has 0 spiro atoms. The maximum absolute atomic E-state index is 13.5. The third-order valence-corrected chi connectivity index (χ3v) is 5.65. The standard InChI is InChI=1S/C22H24ClFN2O4/c1-26(13-21(27)29-2)10-9-15(12-26)14-30-22(28)25-20-6-4-3-5-17(20)16-7-8-19(24)18(23)11-16/h3-8,11,15H,9-10,12-14H2,1-2H3/p+1/t15-,26?/m1/s1. The summed E-state index contributed by atoms with van der Waals surface area (Å²) in [7, 11) is 3.38. The molecule has 1 aliphatic rings. The lowest BCUT2D eigenvalue weighted by Crippen LogP contribution is -2.46. The number of ether oxygens (including phenoxy) is 2. The van der Waals surface area contributed by atoms with Gasteiger partial charge < -0.3 is 14.0 Å². The number of hydrogen-bond acceptors (Lipinski definition) is 4. The second-order valence-corrected chi connectivity index (χ2v) is 8.22. The van der Waals surface area contributed by atoms with E-state index in [9.17, 15) is 14.0 Å². The van der Waals surface area contributed by atoms with Gasteiger partial charge in [-0.1, -0.05) is 35.9 Å². The number of benzene rings is 2. The van der Waals surface area contributed by atoms with Crippen LogP contribution < -0.4 is 5.32 Å². The average molecular weight is 436 g/mol. The van der Waals surface area contributed by atoms with E-state index in [0.717, 1.165) is 19.5 Å². The maximum Gasteiger partial charge on any atom is 0.411 e. The first-order valence-corrected chi connectivity index (χ1v) is 10.1. The first-order chi connectivity index (χ1) is 14.3. The Morgan fingerprint density at radius 2 is 2.03 bits per heavy atom. The number of nitrogens with one attached hydrogen (secondary N) is 1. The molecule has 30 heavy (non-hydrogen) atoms. The summed E-state index contributed by atoms with van der Waals surface area (Å²) in [6, 6.07) is 11.6. The number of anilines is 1. The van der Waals surface area contributed by atoms with E-state index < -0.39 is 11.9 Å². The summed E-state index contributed by atoms with van der Waals surface area (Å²) in [4.78, 5) is 23.9. The van der Waals surface area contributed by atoms with Gasteiger partial charge in [-0.05, 0) is 23.8 Å². The summed E-state index contributed by atoms with van der Waals surface area (Å²) < 4.78 is 24.2. The number of carbonyl (C=O) groups is 2. The van der Waals surface area contributed by atoms with E-state index in [0.29, 0.717) is 27.8 Å². The zero-order valence-electron chi connectivity index (χ0n) is 17.0. The van der Waals surface area contributed by atoms with Gasteiger partial charge in [-0.15, -0.1) is 0 Å². The summed E-state index contributed by atoms with van der Waals surface area (Å²) >= 11 is 5.89. The van der Waals surface area contributed by atoms with E-state index in [1.54, 1.807) is 18.2 Å². The second kappa shape index (κ2) is 9.45. The van der Waals surface area contributed by atoms with Crippen molar-refractivity contribution in [1.29, 1.82) is 0 Å². The lowest BCUT2D eigenvalue weighted by Gasteiger charge is -2.28. The van der Waals surface area contributed by atoms with Crippen LogP contribution >= 0.6 is 11.6 Å². The Morgan fingerprint density at radius 1 is 1.27 bits per heavy atom. The first kappa shape index (κ1) is 22.1. The zero-order valence-corrected chi connectivity index (χ0v) is 17.7. The number of likely N-dealkylation sites (N-methyl/N-ethyl adjacent to an activating group) is 1. The SMILES string of the molecule is COC(=O)C[N+]1(C)CC[C@@H](COC(=O)Nc2ccccc2-c2ccc(F)c(Cl)c2)C1. The van der Waals surface area contributed by atoms with Gasteiger partial charge in [0.15, 0.2) is 6.54 Å². The van der Waals surface area contributed by atoms with Crippen LogP contribution in [0, 0.1) is 11.7 Å². The summed E-state index contributed by atoms with van der Waals surface area (Å²) in [5.41, 5.74) is 1.94.